The van der Waals surface area contributed by atoms with E-state index in [-0.39, 0.29) is 31.1 Å². The third-order valence-electron chi connectivity index (χ3n) is 8.96. The number of hydrogen-bond donors (Lipinski definition) is 6. The molecule has 1 saturated carbocycles. The Morgan fingerprint density at radius 3 is 2.02 bits per heavy atom. The van der Waals surface area contributed by atoms with E-state index < -0.39 is 60.1 Å². The average Bonchev–Trinajstić information content (AvgIpc) is 3.12. The maximum absolute atomic E-state index is 13.8. The fourth-order valence-corrected chi connectivity index (χ4v) is 6.19. The molecular formula is C37H46N6O7. The van der Waals surface area contributed by atoms with Gasteiger partial charge >= 0.3 is 0 Å². The first-order valence-corrected chi connectivity index (χ1v) is 17.2. The molecule has 1 fully saturated rings. The van der Waals surface area contributed by atoms with Gasteiger partial charge in [-0.1, -0.05) is 86.7 Å². The molecule has 3 atom stereocenters. The van der Waals surface area contributed by atoms with E-state index in [0.717, 1.165) is 44.3 Å². The number of primary amides is 1. The first kappa shape index (κ1) is 37.5. The van der Waals surface area contributed by atoms with Crippen LogP contribution in [0.25, 0.3) is 0 Å². The highest BCUT2D eigenvalue weighted by Gasteiger charge is 2.30. The largest absolute Gasteiger partial charge is 0.368 e. The third kappa shape index (κ3) is 12.0. The second-order valence-corrected chi connectivity index (χ2v) is 12.8. The van der Waals surface area contributed by atoms with Gasteiger partial charge in [0, 0.05) is 36.2 Å². The number of carbonyl (C=O) groups is 7. The van der Waals surface area contributed by atoms with Crippen LogP contribution in [-0.4, -0.2) is 72.4 Å². The molecule has 2 aromatic carbocycles. The molecule has 0 aromatic heterocycles. The molecule has 266 valence electrons. The van der Waals surface area contributed by atoms with Crippen molar-refractivity contribution in [1.29, 1.82) is 0 Å². The van der Waals surface area contributed by atoms with Gasteiger partial charge in [0.1, 0.15) is 18.1 Å². The summed E-state index contributed by atoms with van der Waals surface area (Å²) in [6, 6.07) is 12.7. The Bertz CT molecular complexity index is 1550. The third-order valence-corrected chi connectivity index (χ3v) is 8.96. The van der Waals surface area contributed by atoms with Gasteiger partial charge in [-0.15, -0.1) is 0 Å². The van der Waals surface area contributed by atoms with Gasteiger partial charge in [-0.3, -0.25) is 33.6 Å². The molecule has 0 saturated heterocycles. The lowest BCUT2D eigenvalue weighted by molar-refractivity contribution is -0.132. The van der Waals surface area contributed by atoms with E-state index in [2.05, 4.69) is 26.6 Å². The lowest BCUT2D eigenvalue weighted by Gasteiger charge is -2.28. The molecule has 2 aliphatic rings. The molecular weight excluding hydrogens is 640 g/mol. The summed E-state index contributed by atoms with van der Waals surface area (Å²) in [4.78, 5) is 89.8. The number of carbonyl (C=O) groups excluding carboxylic acids is 7. The molecule has 13 nitrogen and oxygen atoms in total. The molecule has 2 aromatic rings. The van der Waals surface area contributed by atoms with Crippen LogP contribution in [0.1, 0.15) is 79.3 Å². The molecule has 50 heavy (non-hydrogen) atoms. The smallest absolute Gasteiger partial charge is 0.244 e. The van der Waals surface area contributed by atoms with Gasteiger partial charge in [0.05, 0.1) is 6.54 Å². The van der Waals surface area contributed by atoms with Gasteiger partial charge in [0.25, 0.3) is 0 Å². The molecule has 1 aliphatic heterocycles. The molecule has 0 bridgehead atoms. The van der Waals surface area contributed by atoms with Crippen LogP contribution in [0.5, 0.6) is 0 Å². The summed E-state index contributed by atoms with van der Waals surface area (Å²) in [6.45, 7) is -0.238. The molecule has 0 radical (unpaired) electrons. The van der Waals surface area contributed by atoms with Crippen LogP contribution in [0.3, 0.4) is 0 Å². The Hall–Kier alpha value is -5.33. The summed E-state index contributed by atoms with van der Waals surface area (Å²) >= 11 is 0. The fourth-order valence-electron chi connectivity index (χ4n) is 6.19. The monoisotopic (exact) mass is 686 g/mol. The lowest BCUT2D eigenvalue weighted by atomic mass is 9.84. The first-order valence-electron chi connectivity index (χ1n) is 17.2. The van der Waals surface area contributed by atoms with E-state index in [1.807, 2.05) is 6.07 Å². The molecule has 2 unspecified atom stereocenters. The van der Waals surface area contributed by atoms with Crippen molar-refractivity contribution < 1.29 is 33.6 Å². The van der Waals surface area contributed by atoms with Crippen LogP contribution in [0, 0.1) is 5.92 Å². The maximum atomic E-state index is 13.8. The number of ketones is 1. The molecule has 6 amide bonds. The minimum atomic E-state index is -1.02. The van der Waals surface area contributed by atoms with Crippen molar-refractivity contribution in [2.75, 3.05) is 13.1 Å². The van der Waals surface area contributed by atoms with Gasteiger partial charge < -0.3 is 32.3 Å². The minimum Gasteiger partial charge on any atom is -0.368 e. The molecule has 7 N–H and O–H groups in total. The van der Waals surface area contributed by atoms with Crippen LogP contribution in [-0.2, 0) is 35.2 Å². The van der Waals surface area contributed by atoms with Gasteiger partial charge in [-0.25, -0.2) is 0 Å². The summed E-state index contributed by atoms with van der Waals surface area (Å²) in [6.07, 6.45) is 8.43. The zero-order chi connectivity index (χ0) is 35.9. The average molecular weight is 687 g/mol. The quantitative estimate of drug-likeness (QED) is 0.236. The van der Waals surface area contributed by atoms with Crippen molar-refractivity contribution in [3.63, 3.8) is 0 Å². The van der Waals surface area contributed by atoms with Crippen molar-refractivity contribution in [3.05, 3.63) is 83.4 Å². The number of hydrogen-bond acceptors (Lipinski definition) is 7. The van der Waals surface area contributed by atoms with E-state index in [1.54, 1.807) is 48.5 Å². The van der Waals surface area contributed by atoms with Gasteiger partial charge in [0.15, 0.2) is 5.78 Å². The van der Waals surface area contributed by atoms with Crippen LogP contribution >= 0.6 is 0 Å². The minimum absolute atomic E-state index is 0.111. The Labute approximate surface area is 291 Å². The van der Waals surface area contributed by atoms with E-state index in [4.69, 9.17) is 5.73 Å². The van der Waals surface area contributed by atoms with Crippen LogP contribution < -0.4 is 32.3 Å². The van der Waals surface area contributed by atoms with Crippen molar-refractivity contribution in [1.82, 2.24) is 26.6 Å². The number of amides is 6. The number of nitrogens with two attached hydrogens (primary N) is 1. The van der Waals surface area contributed by atoms with Gasteiger partial charge in [-0.2, -0.15) is 0 Å². The SMILES string of the molecule is NC(=O)C1CCCCNC(=O)C(Cc2ccc(C(=O)c3ccccc3)cc2)NC(=O)[C@H](CC2CCCCC2)NC(=O)CNC(=O)/C=C/C(=O)N1. The number of nitrogens with one attached hydrogen (secondary N) is 5. The summed E-state index contributed by atoms with van der Waals surface area (Å²) in [5, 5.41) is 13.3. The molecule has 0 spiro atoms. The van der Waals surface area contributed by atoms with Crippen LogP contribution in [0.15, 0.2) is 66.7 Å². The van der Waals surface area contributed by atoms with E-state index in [1.165, 1.54) is 0 Å². The van der Waals surface area contributed by atoms with Crippen LogP contribution in [0.2, 0.25) is 0 Å². The van der Waals surface area contributed by atoms with Crippen molar-refractivity contribution in [2.45, 2.75) is 82.3 Å². The van der Waals surface area contributed by atoms with Crippen molar-refractivity contribution in [2.24, 2.45) is 11.7 Å². The Morgan fingerprint density at radius 1 is 0.660 bits per heavy atom. The van der Waals surface area contributed by atoms with E-state index in [0.29, 0.717) is 36.0 Å². The lowest BCUT2D eigenvalue weighted by Crippen LogP contribution is -2.55. The number of rotatable bonds is 7. The first-order chi connectivity index (χ1) is 24.1. The van der Waals surface area contributed by atoms with Gasteiger partial charge in [-0.05, 0) is 37.2 Å². The Morgan fingerprint density at radius 2 is 1.32 bits per heavy atom. The van der Waals surface area contributed by atoms with Crippen molar-refractivity contribution in [3.8, 4) is 0 Å². The molecule has 1 aliphatic carbocycles. The predicted molar refractivity (Wildman–Crippen MR) is 185 cm³/mol. The molecule has 4 rings (SSSR count). The van der Waals surface area contributed by atoms with Gasteiger partial charge in [0.2, 0.25) is 35.4 Å². The standard InChI is InChI=1S/C37H46N6O7/c38-35(48)28-13-7-8-20-39-36(49)29(22-25-14-16-27(17-15-25)34(47)26-11-5-2-6-12-26)43-37(50)30(21-24-9-3-1-4-10-24)42-33(46)23-40-31(44)18-19-32(45)41-28/h2,5-6,11-12,14-19,24,28-30H,1,3-4,7-10,13,20-23H2,(H2,38,48)(H,39,49)(H,40,44)(H,41,45)(H,42,46)(H,43,50)/b19-18+/t28?,29?,30-/m0/s1. The second kappa shape index (κ2) is 19.0. The van der Waals surface area contributed by atoms with Crippen LogP contribution in [0.4, 0.5) is 0 Å². The topological polar surface area (TPSA) is 206 Å². The summed E-state index contributed by atoms with van der Waals surface area (Å²) < 4.78 is 0. The maximum Gasteiger partial charge on any atom is 0.244 e. The highest BCUT2D eigenvalue weighted by molar-refractivity contribution is 6.09. The summed E-state index contributed by atoms with van der Waals surface area (Å²) in [5.41, 5.74) is 7.18. The Balaban J connectivity index is 1.54. The highest BCUT2D eigenvalue weighted by Crippen LogP contribution is 2.27. The Kier molecular flexibility index (Phi) is 14.3. The zero-order valence-corrected chi connectivity index (χ0v) is 28.1. The highest BCUT2D eigenvalue weighted by atomic mass is 16.2. The fraction of sp³-hybridized carbons (Fsp3) is 0.432. The normalized spacial score (nSPS) is 22.9. The van der Waals surface area contributed by atoms with E-state index in [9.17, 15) is 33.6 Å². The second-order valence-electron chi connectivity index (χ2n) is 12.8. The predicted octanol–water partition coefficient (Wildman–Crippen LogP) is 1.34. The van der Waals surface area contributed by atoms with E-state index >= 15 is 0 Å². The molecule has 13 heteroatoms. The summed E-state index contributed by atoms with van der Waals surface area (Å²) in [7, 11) is 0. The summed E-state index contributed by atoms with van der Waals surface area (Å²) in [5.74, 6) is -3.71. The zero-order valence-electron chi connectivity index (χ0n) is 28.1. The molecule has 1 heterocycles. The van der Waals surface area contributed by atoms with Crippen molar-refractivity contribution >= 4 is 41.2 Å². The number of benzene rings is 2.